The van der Waals surface area contributed by atoms with E-state index < -0.39 is 9.84 Å². The van der Waals surface area contributed by atoms with E-state index in [2.05, 4.69) is 5.32 Å². The molecule has 0 bridgehead atoms. The van der Waals surface area contributed by atoms with Gasteiger partial charge in [-0.15, -0.1) is 0 Å². The van der Waals surface area contributed by atoms with Gasteiger partial charge in [0.15, 0.2) is 9.84 Å². The second kappa shape index (κ2) is 4.21. The lowest BCUT2D eigenvalue weighted by Gasteiger charge is -2.23. The molecule has 1 heterocycles. The lowest BCUT2D eigenvalue weighted by molar-refractivity contribution is 0.413. The SMILES string of the molecule is CC(=CCl)CNC1(C)CCS(=O)(=O)C1. The number of sulfone groups is 1. The lowest BCUT2D eigenvalue weighted by Crippen LogP contribution is -2.44. The Kier molecular flexibility index (Phi) is 3.61. The molecule has 5 heteroatoms. The van der Waals surface area contributed by atoms with Crippen LogP contribution in [0.4, 0.5) is 0 Å². The van der Waals surface area contributed by atoms with E-state index in [1.807, 2.05) is 13.8 Å². The summed E-state index contributed by atoms with van der Waals surface area (Å²) in [7, 11) is -2.82. The summed E-state index contributed by atoms with van der Waals surface area (Å²) in [4.78, 5) is 0. The maximum Gasteiger partial charge on any atom is 0.152 e. The number of rotatable bonds is 3. The van der Waals surface area contributed by atoms with Gasteiger partial charge in [-0.1, -0.05) is 11.6 Å². The van der Waals surface area contributed by atoms with Gasteiger partial charge in [-0.2, -0.15) is 0 Å². The molecule has 0 aromatic heterocycles. The summed E-state index contributed by atoms with van der Waals surface area (Å²) < 4.78 is 22.6. The maximum atomic E-state index is 11.3. The van der Waals surface area contributed by atoms with Crippen LogP contribution in [0, 0.1) is 0 Å². The van der Waals surface area contributed by atoms with E-state index in [4.69, 9.17) is 11.6 Å². The monoisotopic (exact) mass is 237 g/mol. The standard InChI is InChI=1S/C9H16ClNO2S/c1-8(5-10)6-11-9(2)3-4-14(12,13)7-9/h5,11H,3-4,6-7H2,1-2H3. The van der Waals surface area contributed by atoms with Crippen LogP contribution in [0.15, 0.2) is 11.1 Å². The Bertz CT molecular complexity index is 337. The molecule has 3 nitrogen and oxygen atoms in total. The molecule has 14 heavy (non-hydrogen) atoms. The minimum absolute atomic E-state index is 0.232. The molecule has 0 aromatic carbocycles. The van der Waals surface area contributed by atoms with Crippen LogP contribution in [-0.2, 0) is 9.84 Å². The van der Waals surface area contributed by atoms with E-state index in [0.29, 0.717) is 18.7 Å². The fraction of sp³-hybridized carbons (Fsp3) is 0.778. The first-order valence-corrected chi connectivity index (χ1v) is 6.84. The topological polar surface area (TPSA) is 46.2 Å². The van der Waals surface area contributed by atoms with Gasteiger partial charge in [0.1, 0.15) is 0 Å². The highest BCUT2D eigenvalue weighted by Gasteiger charge is 2.37. The van der Waals surface area contributed by atoms with Gasteiger partial charge < -0.3 is 5.32 Å². The molecule has 0 spiro atoms. The third-order valence-corrected chi connectivity index (χ3v) is 4.76. The van der Waals surface area contributed by atoms with Crippen LogP contribution >= 0.6 is 11.6 Å². The average Bonchev–Trinajstić information content (AvgIpc) is 2.37. The molecular weight excluding hydrogens is 222 g/mol. The van der Waals surface area contributed by atoms with Crippen molar-refractivity contribution in [3.05, 3.63) is 11.1 Å². The molecule has 1 fully saturated rings. The van der Waals surface area contributed by atoms with Crippen molar-refractivity contribution >= 4 is 21.4 Å². The number of hydrogen-bond acceptors (Lipinski definition) is 3. The van der Waals surface area contributed by atoms with Crippen molar-refractivity contribution in [1.29, 1.82) is 0 Å². The van der Waals surface area contributed by atoms with E-state index in [-0.39, 0.29) is 11.3 Å². The molecule has 1 saturated heterocycles. The third-order valence-electron chi connectivity index (χ3n) is 2.48. The summed E-state index contributed by atoms with van der Waals surface area (Å²) in [6.07, 6.45) is 0.685. The zero-order chi connectivity index (χ0) is 10.8. The van der Waals surface area contributed by atoms with E-state index in [1.165, 1.54) is 5.54 Å². The van der Waals surface area contributed by atoms with E-state index in [1.54, 1.807) is 0 Å². The van der Waals surface area contributed by atoms with Gasteiger partial charge in [0.25, 0.3) is 0 Å². The van der Waals surface area contributed by atoms with Gasteiger partial charge in [-0.05, 0) is 25.8 Å². The first-order chi connectivity index (χ1) is 6.37. The molecule has 0 radical (unpaired) electrons. The Morgan fingerprint density at radius 2 is 2.29 bits per heavy atom. The van der Waals surface area contributed by atoms with Gasteiger partial charge in [-0.25, -0.2) is 8.42 Å². The van der Waals surface area contributed by atoms with Crippen LogP contribution in [0.1, 0.15) is 20.3 Å². The molecule has 1 aliphatic rings. The van der Waals surface area contributed by atoms with E-state index >= 15 is 0 Å². The summed E-state index contributed by atoms with van der Waals surface area (Å²) in [6.45, 7) is 4.50. The second-order valence-corrected chi connectivity index (χ2v) is 6.61. The van der Waals surface area contributed by atoms with E-state index in [0.717, 1.165) is 5.57 Å². The molecule has 1 unspecified atom stereocenters. The predicted molar refractivity (Wildman–Crippen MR) is 59.3 cm³/mol. The zero-order valence-electron chi connectivity index (χ0n) is 8.51. The van der Waals surface area contributed by atoms with Crippen molar-refractivity contribution in [1.82, 2.24) is 5.32 Å². The molecule has 0 aromatic rings. The highest BCUT2D eigenvalue weighted by Crippen LogP contribution is 2.22. The molecule has 82 valence electrons. The molecule has 1 rings (SSSR count). The minimum Gasteiger partial charge on any atom is -0.307 e. The molecule has 1 atom stereocenters. The van der Waals surface area contributed by atoms with Gasteiger partial charge in [-0.3, -0.25) is 0 Å². The molecule has 1 aliphatic heterocycles. The van der Waals surface area contributed by atoms with Crippen molar-refractivity contribution in [2.45, 2.75) is 25.8 Å². The van der Waals surface area contributed by atoms with Crippen LogP contribution in [0.2, 0.25) is 0 Å². The summed E-state index contributed by atoms with van der Waals surface area (Å²) in [5.74, 6) is 0.524. The first-order valence-electron chi connectivity index (χ1n) is 4.58. The van der Waals surface area contributed by atoms with Gasteiger partial charge >= 0.3 is 0 Å². The van der Waals surface area contributed by atoms with Crippen LogP contribution in [0.3, 0.4) is 0 Å². The van der Waals surface area contributed by atoms with Crippen molar-refractivity contribution < 1.29 is 8.42 Å². The number of hydrogen-bond donors (Lipinski definition) is 1. The largest absolute Gasteiger partial charge is 0.307 e. The Morgan fingerprint density at radius 3 is 2.71 bits per heavy atom. The second-order valence-electron chi connectivity index (χ2n) is 4.21. The Balaban J connectivity index is 2.53. The fourth-order valence-corrected chi connectivity index (χ4v) is 3.74. The number of halogens is 1. The molecular formula is C9H16ClNO2S. The van der Waals surface area contributed by atoms with Gasteiger partial charge in [0, 0.05) is 17.6 Å². The summed E-state index contributed by atoms with van der Waals surface area (Å²) in [5, 5.41) is 3.23. The molecule has 1 N–H and O–H groups in total. The van der Waals surface area contributed by atoms with Crippen LogP contribution in [0.25, 0.3) is 0 Å². The van der Waals surface area contributed by atoms with Crippen molar-refractivity contribution in [3.63, 3.8) is 0 Å². The highest BCUT2D eigenvalue weighted by molar-refractivity contribution is 7.91. The summed E-state index contributed by atoms with van der Waals surface area (Å²) >= 11 is 5.52. The van der Waals surface area contributed by atoms with Crippen LogP contribution < -0.4 is 5.32 Å². The third kappa shape index (κ3) is 3.26. The smallest absolute Gasteiger partial charge is 0.152 e. The van der Waals surface area contributed by atoms with E-state index in [9.17, 15) is 8.42 Å². The lowest BCUT2D eigenvalue weighted by atomic mass is 10.0. The van der Waals surface area contributed by atoms with Gasteiger partial charge in [0.2, 0.25) is 0 Å². The average molecular weight is 238 g/mol. The highest BCUT2D eigenvalue weighted by atomic mass is 35.5. The quantitative estimate of drug-likeness (QED) is 0.805. The Labute approximate surface area is 90.4 Å². The van der Waals surface area contributed by atoms with Gasteiger partial charge in [0.05, 0.1) is 11.5 Å². The van der Waals surface area contributed by atoms with Crippen molar-refractivity contribution in [2.24, 2.45) is 0 Å². The van der Waals surface area contributed by atoms with Crippen molar-refractivity contribution in [2.75, 3.05) is 18.1 Å². The molecule has 0 amide bonds. The Morgan fingerprint density at radius 1 is 1.64 bits per heavy atom. The number of nitrogens with one attached hydrogen (secondary N) is 1. The fourth-order valence-electron chi connectivity index (χ4n) is 1.54. The zero-order valence-corrected chi connectivity index (χ0v) is 10.1. The van der Waals surface area contributed by atoms with Crippen LogP contribution in [-0.4, -0.2) is 32.0 Å². The Hall–Kier alpha value is -0.0600. The normalized spacial score (nSPS) is 32.1. The predicted octanol–water partition coefficient (Wildman–Crippen LogP) is 1.30. The molecule has 0 aliphatic carbocycles. The minimum atomic E-state index is -2.82. The van der Waals surface area contributed by atoms with Crippen molar-refractivity contribution in [3.8, 4) is 0 Å². The molecule has 0 saturated carbocycles. The van der Waals surface area contributed by atoms with Crippen LogP contribution in [0.5, 0.6) is 0 Å². The first kappa shape index (κ1) is 12.0. The maximum absolute atomic E-state index is 11.3. The summed E-state index contributed by atoms with van der Waals surface area (Å²) in [5.41, 5.74) is 2.25. The summed E-state index contributed by atoms with van der Waals surface area (Å²) in [6, 6.07) is 0.